The van der Waals surface area contributed by atoms with E-state index in [9.17, 15) is 4.79 Å². The van der Waals surface area contributed by atoms with Crippen LogP contribution in [0, 0.1) is 0 Å². The zero-order chi connectivity index (χ0) is 16.6. The van der Waals surface area contributed by atoms with E-state index in [4.69, 9.17) is 4.74 Å². The Labute approximate surface area is 161 Å². The zero-order valence-corrected chi connectivity index (χ0v) is 16.3. The Morgan fingerprint density at radius 2 is 2.12 bits per heavy atom. The lowest BCUT2D eigenvalue weighted by Gasteiger charge is -2.23. The van der Waals surface area contributed by atoms with Crippen LogP contribution in [0.25, 0.3) is 0 Å². The Bertz CT molecular complexity index is 532. The standard InChI is InChI=1S/C19H28N2O2S.ClH/c22-19(12-17-14-24-10-9-20-17)21-16-6-4-5-15(11-16)13-23-18-7-2-1-3-8-18;/h4-6,11,17-18,20H,1-3,7-10,12-14H2,(H,21,22);1H. The fourth-order valence-corrected chi connectivity index (χ4v) is 4.32. The second-order valence-electron chi connectivity index (χ2n) is 6.75. The number of amides is 1. The lowest BCUT2D eigenvalue weighted by Crippen LogP contribution is -2.39. The summed E-state index contributed by atoms with van der Waals surface area (Å²) in [7, 11) is 0. The minimum absolute atomic E-state index is 0. The Balaban J connectivity index is 0.00000225. The number of benzene rings is 1. The molecule has 0 aromatic heterocycles. The molecule has 4 nitrogen and oxygen atoms in total. The van der Waals surface area contributed by atoms with Gasteiger partial charge in [0.1, 0.15) is 0 Å². The van der Waals surface area contributed by atoms with Crippen LogP contribution in [0.3, 0.4) is 0 Å². The molecule has 25 heavy (non-hydrogen) atoms. The Hall–Kier alpha value is -0.750. The first-order chi connectivity index (χ1) is 11.8. The fraction of sp³-hybridized carbons (Fsp3) is 0.632. The van der Waals surface area contributed by atoms with Gasteiger partial charge in [-0.15, -0.1) is 12.4 Å². The summed E-state index contributed by atoms with van der Waals surface area (Å²) < 4.78 is 6.03. The maximum atomic E-state index is 12.2. The van der Waals surface area contributed by atoms with Gasteiger partial charge in [0.05, 0.1) is 12.7 Å². The van der Waals surface area contributed by atoms with E-state index in [1.807, 2.05) is 30.0 Å². The molecule has 1 saturated carbocycles. The van der Waals surface area contributed by atoms with Crippen LogP contribution in [0.1, 0.15) is 44.1 Å². The Morgan fingerprint density at radius 1 is 1.28 bits per heavy atom. The van der Waals surface area contributed by atoms with E-state index in [1.54, 1.807) is 0 Å². The maximum Gasteiger partial charge on any atom is 0.225 e. The third kappa shape index (κ3) is 7.18. The van der Waals surface area contributed by atoms with E-state index >= 15 is 0 Å². The van der Waals surface area contributed by atoms with Crippen molar-refractivity contribution in [1.82, 2.24) is 5.32 Å². The van der Waals surface area contributed by atoms with Crippen molar-refractivity contribution in [3.8, 4) is 0 Å². The SMILES string of the molecule is Cl.O=C(CC1CSCCN1)Nc1cccc(COC2CCCCC2)c1. The molecular weight excluding hydrogens is 356 g/mol. The average Bonchev–Trinajstić information content (AvgIpc) is 2.62. The number of nitrogens with one attached hydrogen (secondary N) is 2. The first-order valence-corrected chi connectivity index (χ1v) is 10.3. The number of carbonyl (C=O) groups is 1. The highest BCUT2D eigenvalue weighted by atomic mass is 35.5. The van der Waals surface area contributed by atoms with Crippen LogP contribution in [-0.2, 0) is 16.1 Å². The van der Waals surface area contributed by atoms with Gasteiger partial charge in [0.2, 0.25) is 5.91 Å². The highest BCUT2D eigenvalue weighted by molar-refractivity contribution is 7.99. The first kappa shape index (κ1) is 20.6. The molecule has 2 fully saturated rings. The predicted octanol–water partition coefficient (Wildman–Crippen LogP) is 3.99. The third-order valence-corrected chi connectivity index (χ3v) is 5.81. The fourth-order valence-electron chi connectivity index (χ4n) is 3.37. The number of anilines is 1. The molecule has 1 heterocycles. The lowest BCUT2D eigenvalue weighted by atomic mass is 9.98. The topological polar surface area (TPSA) is 50.4 Å². The Kier molecular flexibility index (Phi) is 9.10. The van der Waals surface area contributed by atoms with E-state index in [2.05, 4.69) is 16.7 Å². The number of hydrogen-bond donors (Lipinski definition) is 2. The van der Waals surface area contributed by atoms with Crippen molar-refractivity contribution in [1.29, 1.82) is 0 Å². The van der Waals surface area contributed by atoms with Crippen LogP contribution in [0.2, 0.25) is 0 Å². The average molecular weight is 385 g/mol. The first-order valence-electron chi connectivity index (χ1n) is 9.11. The molecule has 1 aromatic carbocycles. The van der Waals surface area contributed by atoms with Crippen LogP contribution in [-0.4, -0.2) is 36.1 Å². The molecule has 0 spiro atoms. The van der Waals surface area contributed by atoms with Crippen molar-refractivity contribution in [3.05, 3.63) is 29.8 Å². The summed E-state index contributed by atoms with van der Waals surface area (Å²) in [5, 5.41) is 6.43. The van der Waals surface area contributed by atoms with E-state index < -0.39 is 0 Å². The third-order valence-electron chi connectivity index (χ3n) is 4.68. The molecule has 0 radical (unpaired) electrons. The highest BCUT2D eigenvalue weighted by Crippen LogP contribution is 2.22. The summed E-state index contributed by atoms with van der Waals surface area (Å²) in [5.74, 6) is 2.24. The minimum Gasteiger partial charge on any atom is -0.374 e. The molecule has 1 saturated heterocycles. The molecule has 2 N–H and O–H groups in total. The number of ether oxygens (including phenoxy) is 1. The van der Waals surface area contributed by atoms with Crippen molar-refractivity contribution in [3.63, 3.8) is 0 Å². The summed E-state index contributed by atoms with van der Waals surface area (Å²) >= 11 is 1.91. The number of carbonyl (C=O) groups excluding carboxylic acids is 1. The van der Waals surface area contributed by atoms with Crippen molar-refractivity contribution < 1.29 is 9.53 Å². The van der Waals surface area contributed by atoms with Gasteiger partial charge < -0.3 is 15.4 Å². The quantitative estimate of drug-likeness (QED) is 0.778. The number of halogens is 1. The molecule has 1 aromatic rings. The highest BCUT2D eigenvalue weighted by Gasteiger charge is 2.17. The van der Waals surface area contributed by atoms with Crippen LogP contribution in [0.15, 0.2) is 24.3 Å². The van der Waals surface area contributed by atoms with E-state index in [1.165, 1.54) is 32.1 Å². The van der Waals surface area contributed by atoms with Gasteiger partial charge in [-0.1, -0.05) is 31.4 Å². The largest absolute Gasteiger partial charge is 0.374 e. The summed E-state index contributed by atoms with van der Waals surface area (Å²) in [6.07, 6.45) is 7.23. The molecule has 1 unspecified atom stereocenters. The monoisotopic (exact) mass is 384 g/mol. The molecule has 1 amide bonds. The molecule has 1 atom stereocenters. The second-order valence-corrected chi connectivity index (χ2v) is 7.90. The van der Waals surface area contributed by atoms with Gasteiger partial charge in [-0.25, -0.2) is 0 Å². The van der Waals surface area contributed by atoms with E-state index in [0.717, 1.165) is 29.3 Å². The minimum atomic E-state index is 0. The van der Waals surface area contributed by atoms with E-state index in [-0.39, 0.29) is 18.3 Å². The molecule has 1 aliphatic heterocycles. The van der Waals surface area contributed by atoms with Crippen molar-refractivity contribution >= 4 is 35.8 Å². The van der Waals surface area contributed by atoms with Gasteiger partial charge in [0, 0.05) is 36.2 Å². The maximum absolute atomic E-state index is 12.2. The molecule has 2 aliphatic rings. The second kappa shape index (κ2) is 11.1. The van der Waals surface area contributed by atoms with Gasteiger partial charge in [0.25, 0.3) is 0 Å². The molecule has 0 bridgehead atoms. The summed E-state index contributed by atoms with van der Waals surface area (Å²) in [6.45, 7) is 1.63. The summed E-state index contributed by atoms with van der Waals surface area (Å²) in [4.78, 5) is 12.2. The number of hydrogen-bond acceptors (Lipinski definition) is 4. The van der Waals surface area contributed by atoms with Crippen LogP contribution in [0.5, 0.6) is 0 Å². The van der Waals surface area contributed by atoms with Gasteiger partial charge in [-0.3, -0.25) is 4.79 Å². The van der Waals surface area contributed by atoms with Crippen molar-refractivity contribution in [2.45, 2.75) is 57.3 Å². The zero-order valence-electron chi connectivity index (χ0n) is 14.7. The molecular formula is C19H29ClN2O2S. The normalized spacial score (nSPS) is 21.4. The number of thioether (sulfide) groups is 1. The van der Waals surface area contributed by atoms with Gasteiger partial charge in [-0.2, -0.15) is 11.8 Å². The molecule has 1 aliphatic carbocycles. The summed E-state index contributed by atoms with van der Waals surface area (Å²) in [6, 6.07) is 8.33. The smallest absolute Gasteiger partial charge is 0.225 e. The lowest BCUT2D eigenvalue weighted by molar-refractivity contribution is -0.116. The predicted molar refractivity (Wildman–Crippen MR) is 108 cm³/mol. The van der Waals surface area contributed by atoms with Gasteiger partial charge in [0.15, 0.2) is 0 Å². The van der Waals surface area contributed by atoms with Gasteiger partial charge in [-0.05, 0) is 30.5 Å². The van der Waals surface area contributed by atoms with Crippen molar-refractivity contribution in [2.75, 3.05) is 23.4 Å². The van der Waals surface area contributed by atoms with Crippen LogP contribution in [0.4, 0.5) is 5.69 Å². The van der Waals surface area contributed by atoms with Crippen molar-refractivity contribution in [2.24, 2.45) is 0 Å². The molecule has 3 rings (SSSR count). The molecule has 140 valence electrons. The van der Waals surface area contributed by atoms with Crippen LogP contribution >= 0.6 is 24.2 Å². The summed E-state index contributed by atoms with van der Waals surface area (Å²) in [5.41, 5.74) is 2.00. The van der Waals surface area contributed by atoms with Gasteiger partial charge >= 0.3 is 0 Å². The van der Waals surface area contributed by atoms with E-state index in [0.29, 0.717) is 25.2 Å². The van der Waals surface area contributed by atoms with Crippen LogP contribution < -0.4 is 10.6 Å². The number of rotatable bonds is 6. The Morgan fingerprint density at radius 3 is 2.88 bits per heavy atom. The molecule has 6 heteroatoms.